The molecule has 0 unspecified atom stereocenters. The minimum atomic E-state index is -0.161. The first-order valence-corrected chi connectivity index (χ1v) is 11.0. The molecule has 0 aliphatic carbocycles. The molecule has 3 rings (SSSR count). The molecule has 0 radical (unpaired) electrons. The van der Waals surface area contributed by atoms with Crippen molar-refractivity contribution in [1.82, 2.24) is 14.8 Å². The zero-order valence-corrected chi connectivity index (χ0v) is 19.3. The third-order valence-electron chi connectivity index (χ3n) is 5.02. The first kappa shape index (κ1) is 22.6. The molecule has 31 heavy (non-hydrogen) atoms. The van der Waals surface area contributed by atoms with Crippen LogP contribution in [0, 0.1) is 27.7 Å². The lowest BCUT2D eigenvalue weighted by Gasteiger charge is -2.09. The van der Waals surface area contributed by atoms with E-state index >= 15 is 0 Å². The summed E-state index contributed by atoms with van der Waals surface area (Å²) >= 11 is 1.28. The van der Waals surface area contributed by atoms with Gasteiger partial charge in [0.25, 0.3) is 0 Å². The van der Waals surface area contributed by atoms with Crippen molar-refractivity contribution in [2.24, 2.45) is 7.05 Å². The lowest BCUT2D eigenvalue weighted by atomic mass is 10.1. The van der Waals surface area contributed by atoms with Gasteiger partial charge in [-0.15, -0.1) is 10.2 Å². The van der Waals surface area contributed by atoms with E-state index in [0.717, 1.165) is 28.1 Å². The summed E-state index contributed by atoms with van der Waals surface area (Å²) in [4.78, 5) is 24.7. The van der Waals surface area contributed by atoms with Crippen molar-refractivity contribution < 1.29 is 9.59 Å². The minimum Gasteiger partial charge on any atom is -0.325 e. The van der Waals surface area contributed by atoms with Crippen LogP contribution in [0.15, 0.2) is 41.6 Å². The van der Waals surface area contributed by atoms with Gasteiger partial charge < -0.3 is 15.2 Å². The Hall–Kier alpha value is -3.13. The predicted molar refractivity (Wildman–Crippen MR) is 125 cm³/mol. The van der Waals surface area contributed by atoms with Gasteiger partial charge in [-0.05, 0) is 62.6 Å². The van der Waals surface area contributed by atoms with E-state index in [-0.39, 0.29) is 24.0 Å². The Morgan fingerprint density at radius 2 is 1.68 bits per heavy atom. The second-order valence-electron chi connectivity index (χ2n) is 7.64. The second kappa shape index (κ2) is 9.78. The van der Waals surface area contributed by atoms with Crippen molar-refractivity contribution in [2.45, 2.75) is 39.3 Å². The van der Waals surface area contributed by atoms with E-state index in [1.165, 1.54) is 17.3 Å². The number of anilines is 2. The molecule has 0 spiro atoms. The van der Waals surface area contributed by atoms with E-state index in [0.29, 0.717) is 11.0 Å². The predicted octanol–water partition coefficient (Wildman–Crippen LogP) is 3.96. The topological polar surface area (TPSA) is 88.9 Å². The molecule has 0 bridgehead atoms. The summed E-state index contributed by atoms with van der Waals surface area (Å²) in [6.07, 6.45) is 0.103. The van der Waals surface area contributed by atoms with Gasteiger partial charge in [0, 0.05) is 18.4 Å². The third-order valence-corrected chi connectivity index (χ3v) is 6.04. The molecule has 162 valence electrons. The number of carbonyl (C=O) groups excluding carboxylic acids is 2. The maximum Gasteiger partial charge on any atom is 0.234 e. The van der Waals surface area contributed by atoms with Gasteiger partial charge in [0.05, 0.1) is 12.2 Å². The summed E-state index contributed by atoms with van der Waals surface area (Å²) in [5.41, 5.74) is 6.03. The van der Waals surface area contributed by atoms with Gasteiger partial charge in [-0.3, -0.25) is 9.59 Å². The van der Waals surface area contributed by atoms with Gasteiger partial charge in [-0.25, -0.2) is 0 Å². The fraction of sp³-hybridized carbons (Fsp3) is 0.304. The Labute approximate surface area is 186 Å². The fourth-order valence-corrected chi connectivity index (χ4v) is 3.79. The van der Waals surface area contributed by atoms with Crippen LogP contribution in [0.1, 0.15) is 28.1 Å². The number of hydrogen-bond acceptors (Lipinski definition) is 5. The highest BCUT2D eigenvalue weighted by Gasteiger charge is 2.15. The van der Waals surface area contributed by atoms with E-state index in [4.69, 9.17) is 0 Å². The van der Waals surface area contributed by atoms with E-state index < -0.39 is 0 Å². The smallest absolute Gasteiger partial charge is 0.234 e. The lowest BCUT2D eigenvalue weighted by Crippen LogP contribution is -2.18. The molecule has 7 nitrogen and oxygen atoms in total. The number of carbonyl (C=O) groups is 2. The summed E-state index contributed by atoms with van der Waals surface area (Å²) in [6.45, 7) is 8.02. The second-order valence-corrected chi connectivity index (χ2v) is 8.58. The SMILES string of the molecule is Cc1ccc(NC(=O)Cc2nnc(SCC(=O)Nc3ccc(C)c(C)c3)n2C)c(C)c1. The number of nitrogens with one attached hydrogen (secondary N) is 2. The van der Waals surface area contributed by atoms with Crippen molar-refractivity contribution >= 4 is 35.0 Å². The minimum absolute atomic E-state index is 0.103. The Morgan fingerprint density at radius 1 is 0.903 bits per heavy atom. The van der Waals surface area contributed by atoms with Crippen molar-refractivity contribution in [3.05, 3.63) is 64.5 Å². The van der Waals surface area contributed by atoms with E-state index in [2.05, 4.69) is 20.8 Å². The molecule has 8 heteroatoms. The van der Waals surface area contributed by atoms with Crippen LogP contribution in [0.4, 0.5) is 11.4 Å². The van der Waals surface area contributed by atoms with Gasteiger partial charge >= 0.3 is 0 Å². The molecule has 2 aromatic carbocycles. The molecule has 0 aliphatic heterocycles. The normalized spacial score (nSPS) is 10.7. The molecule has 2 N–H and O–H groups in total. The maximum absolute atomic E-state index is 12.4. The molecule has 2 amide bonds. The lowest BCUT2D eigenvalue weighted by molar-refractivity contribution is -0.116. The summed E-state index contributed by atoms with van der Waals surface area (Å²) in [5.74, 6) is 0.462. The van der Waals surface area contributed by atoms with Crippen LogP contribution in [-0.4, -0.2) is 32.3 Å². The van der Waals surface area contributed by atoms with E-state index in [1.807, 2.05) is 64.1 Å². The number of rotatable bonds is 7. The van der Waals surface area contributed by atoms with Gasteiger partial charge in [0.2, 0.25) is 11.8 Å². The van der Waals surface area contributed by atoms with Gasteiger partial charge in [0.1, 0.15) is 5.82 Å². The fourth-order valence-electron chi connectivity index (χ4n) is 3.06. The maximum atomic E-state index is 12.4. The van der Waals surface area contributed by atoms with Crippen LogP contribution in [0.25, 0.3) is 0 Å². The average Bonchev–Trinajstić information content (AvgIpc) is 3.05. The van der Waals surface area contributed by atoms with Crippen LogP contribution >= 0.6 is 11.8 Å². The Bertz CT molecular complexity index is 1120. The zero-order valence-electron chi connectivity index (χ0n) is 18.4. The summed E-state index contributed by atoms with van der Waals surface area (Å²) in [6, 6.07) is 11.7. The molecule has 3 aromatic rings. The number of hydrogen-bond donors (Lipinski definition) is 2. The molecular weight excluding hydrogens is 410 g/mol. The van der Waals surface area contributed by atoms with E-state index in [9.17, 15) is 9.59 Å². The van der Waals surface area contributed by atoms with Crippen molar-refractivity contribution in [3.63, 3.8) is 0 Å². The highest BCUT2D eigenvalue weighted by molar-refractivity contribution is 7.99. The molecule has 0 aliphatic rings. The monoisotopic (exact) mass is 437 g/mol. The molecule has 1 aromatic heterocycles. The zero-order chi connectivity index (χ0) is 22.5. The Kier molecular flexibility index (Phi) is 7.12. The Morgan fingerprint density at radius 3 is 2.39 bits per heavy atom. The standard InChI is InChI=1S/C23H27N5O2S/c1-14-6-9-19(17(4)10-14)25-21(29)12-20-26-27-23(28(20)5)31-13-22(30)24-18-8-7-15(2)16(3)11-18/h6-11H,12-13H2,1-5H3,(H,24,30)(H,25,29). The van der Waals surface area contributed by atoms with Crippen LogP contribution in [-0.2, 0) is 23.1 Å². The molecule has 1 heterocycles. The van der Waals surface area contributed by atoms with E-state index in [1.54, 1.807) is 11.6 Å². The van der Waals surface area contributed by atoms with Gasteiger partial charge in [-0.1, -0.05) is 35.5 Å². The number of amides is 2. The number of aromatic nitrogens is 3. The molecule has 0 saturated carbocycles. The summed E-state index contributed by atoms with van der Waals surface area (Å²) in [5, 5.41) is 14.6. The number of nitrogens with zero attached hydrogens (tertiary/aromatic N) is 3. The van der Waals surface area contributed by atoms with Crippen molar-refractivity contribution in [3.8, 4) is 0 Å². The van der Waals surface area contributed by atoms with Crippen LogP contribution < -0.4 is 10.6 Å². The first-order valence-electron chi connectivity index (χ1n) is 9.98. The molecular formula is C23H27N5O2S. The number of benzene rings is 2. The largest absolute Gasteiger partial charge is 0.325 e. The third kappa shape index (κ3) is 5.95. The van der Waals surface area contributed by atoms with Gasteiger partial charge in [0.15, 0.2) is 5.16 Å². The summed E-state index contributed by atoms with van der Waals surface area (Å²) in [7, 11) is 1.79. The molecule has 0 saturated heterocycles. The van der Waals surface area contributed by atoms with Crippen LogP contribution in [0.5, 0.6) is 0 Å². The molecule has 0 fully saturated rings. The van der Waals surface area contributed by atoms with Gasteiger partial charge in [-0.2, -0.15) is 0 Å². The highest BCUT2D eigenvalue weighted by atomic mass is 32.2. The van der Waals surface area contributed by atoms with Crippen molar-refractivity contribution in [1.29, 1.82) is 0 Å². The first-order chi connectivity index (χ1) is 14.7. The van der Waals surface area contributed by atoms with Crippen LogP contribution in [0.3, 0.4) is 0 Å². The summed E-state index contributed by atoms with van der Waals surface area (Å²) < 4.78 is 1.75. The van der Waals surface area contributed by atoms with Crippen LogP contribution in [0.2, 0.25) is 0 Å². The average molecular weight is 438 g/mol. The Balaban J connectivity index is 1.55. The molecule has 0 atom stereocenters. The number of aryl methyl sites for hydroxylation is 4. The van der Waals surface area contributed by atoms with Crippen molar-refractivity contribution in [2.75, 3.05) is 16.4 Å². The highest BCUT2D eigenvalue weighted by Crippen LogP contribution is 2.19. The quantitative estimate of drug-likeness (QED) is 0.546. The number of thioether (sulfide) groups is 1.